The normalized spacial score (nSPS) is 15.5. The Labute approximate surface area is 175 Å². The average Bonchev–Trinajstić information content (AvgIpc) is 3.08. The van der Waals surface area contributed by atoms with Crippen molar-refractivity contribution >= 4 is 30.7 Å². The number of benzene rings is 1. The van der Waals surface area contributed by atoms with E-state index < -0.39 is 11.6 Å². The number of oxazole rings is 1. The van der Waals surface area contributed by atoms with E-state index in [-0.39, 0.29) is 54.5 Å². The van der Waals surface area contributed by atoms with E-state index in [2.05, 4.69) is 4.98 Å². The predicted octanol–water partition coefficient (Wildman–Crippen LogP) is 3.98. The van der Waals surface area contributed by atoms with Crippen LogP contribution in [0.25, 0.3) is 11.3 Å². The Bertz CT molecular complexity index is 778. The fourth-order valence-corrected chi connectivity index (χ4v) is 3.29. The highest BCUT2D eigenvalue weighted by molar-refractivity contribution is 5.85. The largest absolute Gasteiger partial charge is 0.441 e. The second-order valence-electron chi connectivity index (χ2n) is 6.82. The van der Waals surface area contributed by atoms with E-state index in [9.17, 15) is 13.6 Å². The summed E-state index contributed by atoms with van der Waals surface area (Å²) in [4.78, 5) is 18.3. The van der Waals surface area contributed by atoms with E-state index in [0.29, 0.717) is 18.2 Å². The molecule has 5 nitrogen and oxygen atoms in total. The van der Waals surface area contributed by atoms with Gasteiger partial charge in [-0.3, -0.25) is 4.79 Å². The zero-order chi connectivity index (χ0) is 18.7. The molecule has 1 atom stereocenters. The lowest BCUT2D eigenvalue weighted by Crippen LogP contribution is -2.42. The fraction of sp³-hybridized carbons (Fsp3) is 0.474. The molecule has 9 heteroatoms. The first-order valence-corrected chi connectivity index (χ1v) is 8.87. The quantitative estimate of drug-likeness (QED) is 0.770. The van der Waals surface area contributed by atoms with Gasteiger partial charge in [-0.25, -0.2) is 13.8 Å². The smallest absolute Gasteiger partial charge is 0.223 e. The number of hydrogen-bond donors (Lipinski definition) is 1. The van der Waals surface area contributed by atoms with Crippen LogP contribution in [0.1, 0.15) is 32.1 Å². The van der Waals surface area contributed by atoms with E-state index in [0.717, 1.165) is 38.1 Å². The van der Waals surface area contributed by atoms with Gasteiger partial charge in [-0.1, -0.05) is 0 Å². The number of piperidine rings is 1. The first kappa shape index (κ1) is 24.3. The second-order valence-corrected chi connectivity index (χ2v) is 6.82. The van der Waals surface area contributed by atoms with Gasteiger partial charge in [-0.2, -0.15) is 0 Å². The maximum absolute atomic E-state index is 13.8. The van der Waals surface area contributed by atoms with Crippen LogP contribution in [-0.2, 0) is 11.2 Å². The molecule has 1 aromatic carbocycles. The minimum atomic E-state index is -0.708. The van der Waals surface area contributed by atoms with Gasteiger partial charge < -0.3 is 15.1 Å². The summed E-state index contributed by atoms with van der Waals surface area (Å²) in [5.74, 6) is -0.241. The highest BCUT2D eigenvalue weighted by atomic mass is 35.5. The number of likely N-dealkylation sites (tertiary alicyclic amines) is 1. The Kier molecular flexibility index (Phi) is 9.33. The third-order valence-corrected chi connectivity index (χ3v) is 4.94. The standard InChI is InChI=1S/C19H23F2N3O2.2ClH/c1-12(22)13-6-8-24(9-7-13)19(25)5-4-18-23-11-17(26-18)15-3-2-14(20)10-16(15)21;;/h2-3,10-13H,4-9,22H2,1H3;2*1H. The van der Waals surface area contributed by atoms with Crippen LogP contribution in [0, 0.1) is 17.6 Å². The van der Waals surface area contributed by atoms with E-state index in [1.165, 1.54) is 12.3 Å². The van der Waals surface area contributed by atoms with Gasteiger partial charge in [0.15, 0.2) is 11.7 Å². The lowest BCUT2D eigenvalue weighted by Gasteiger charge is -2.33. The summed E-state index contributed by atoms with van der Waals surface area (Å²) in [5, 5.41) is 0. The van der Waals surface area contributed by atoms with Crippen molar-refractivity contribution in [2.24, 2.45) is 11.7 Å². The van der Waals surface area contributed by atoms with Crippen LogP contribution in [0.15, 0.2) is 28.8 Å². The van der Waals surface area contributed by atoms with E-state index in [4.69, 9.17) is 10.2 Å². The molecule has 1 fully saturated rings. The molecule has 28 heavy (non-hydrogen) atoms. The van der Waals surface area contributed by atoms with Crippen LogP contribution in [0.3, 0.4) is 0 Å². The number of amides is 1. The number of rotatable bonds is 5. The molecular weight excluding hydrogens is 411 g/mol. The Morgan fingerprint density at radius 2 is 2.00 bits per heavy atom. The average molecular weight is 436 g/mol. The molecule has 1 amide bonds. The Hall–Kier alpha value is -1.70. The van der Waals surface area contributed by atoms with Crippen molar-refractivity contribution < 1.29 is 18.0 Å². The summed E-state index contributed by atoms with van der Waals surface area (Å²) in [6.07, 6.45) is 3.88. The van der Waals surface area contributed by atoms with Gasteiger partial charge in [-0.05, 0) is 37.8 Å². The fourth-order valence-electron chi connectivity index (χ4n) is 3.29. The van der Waals surface area contributed by atoms with E-state index >= 15 is 0 Å². The first-order valence-electron chi connectivity index (χ1n) is 8.87. The van der Waals surface area contributed by atoms with Crippen molar-refractivity contribution in [3.05, 3.63) is 41.9 Å². The molecule has 1 unspecified atom stereocenters. The van der Waals surface area contributed by atoms with Crippen LogP contribution < -0.4 is 5.73 Å². The van der Waals surface area contributed by atoms with Gasteiger partial charge in [0.1, 0.15) is 11.6 Å². The van der Waals surface area contributed by atoms with Crippen LogP contribution in [0.5, 0.6) is 0 Å². The van der Waals surface area contributed by atoms with Crippen LogP contribution in [-0.4, -0.2) is 34.9 Å². The van der Waals surface area contributed by atoms with Crippen LogP contribution in [0.2, 0.25) is 0 Å². The lowest BCUT2D eigenvalue weighted by atomic mass is 9.91. The minimum Gasteiger partial charge on any atom is -0.441 e. The molecule has 2 heterocycles. The number of hydrogen-bond acceptors (Lipinski definition) is 4. The van der Waals surface area contributed by atoms with Gasteiger partial charge in [0.05, 0.1) is 11.8 Å². The Morgan fingerprint density at radius 1 is 1.32 bits per heavy atom. The van der Waals surface area contributed by atoms with Crippen molar-refractivity contribution in [3.63, 3.8) is 0 Å². The van der Waals surface area contributed by atoms with Gasteiger partial charge >= 0.3 is 0 Å². The highest BCUT2D eigenvalue weighted by Crippen LogP contribution is 2.25. The topological polar surface area (TPSA) is 72.4 Å². The maximum Gasteiger partial charge on any atom is 0.223 e. The van der Waals surface area contributed by atoms with Gasteiger partial charge in [0.25, 0.3) is 0 Å². The molecule has 1 saturated heterocycles. The van der Waals surface area contributed by atoms with Crippen LogP contribution >= 0.6 is 24.8 Å². The molecule has 0 spiro atoms. The molecule has 0 radical (unpaired) electrons. The van der Waals surface area contributed by atoms with Crippen LogP contribution in [0.4, 0.5) is 8.78 Å². The molecule has 1 aliphatic rings. The number of halogens is 4. The summed E-state index contributed by atoms with van der Waals surface area (Å²) in [7, 11) is 0. The second kappa shape index (κ2) is 10.7. The van der Waals surface area contributed by atoms with Crippen molar-refractivity contribution in [1.82, 2.24) is 9.88 Å². The summed E-state index contributed by atoms with van der Waals surface area (Å²) in [6.45, 7) is 3.46. The molecule has 0 saturated carbocycles. The van der Waals surface area contributed by atoms with Crippen molar-refractivity contribution in [2.45, 2.75) is 38.6 Å². The molecule has 156 valence electrons. The summed E-state index contributed by atoms with van der Waals surface area (Å²) in [6, 6.07) is 3.43. The number of aromatic nitrogens is 1. The SMILES string of the molecule is CC(N)C1CCN(C(=O)CCc2ncc(-c3ccc(F)cc3F)o2)CC1.Cl.Cl. The molecule has 2 aromatic rings. The van der Waals surface area contributed by atoms with Crippen molar-refractivity contribution in [1.29, 1.82) is 0 Å². The zero-order valence-corrected chi connectivity index (χ0v) is 17.2. The van der Waals surface area contributed by atoms with Gasteiger partial charge in [-0.15, -0.1) is 24.8 Å². The van der Waals surface area contributed by atoms with E-state index in [1.807, 2.05) is 11.8 Å². The molecule has 2 N–H and O–H groups in total. The molecule has 3 rings (SSSR count). The summed E-state index contributed by atoms with van der Waals surface area (Å²) < 4.78 is 32.3. The number of nitrogens with two attached hydrogens (primary N) is 1. The number of nitrogens with zero attached hydrogens (tertiary/aromatic N) is 2. The van der Waals surface area contributed by atoms with E-state index in [1.54, 1.807) is 0 Å². The monoisotopic (exact) mass is 435 g/mol. The molecule has 0 aliphatic carbocycles. The third-order valence-electron chi connectivity index (χ3n) is 4.94. The molecule has 0 bridgehead atoms. The number of carbonyl (C=O) groups is 1. The minimum absolute atomic E-state index is 0. The Balaban J connectivity index is 0.00000196. The molecule has 1 aromatic heterocycles. The summed E-state index contributed by atoms with van der Waals surface area (Å²) in [5.41, 5.74) is 6.07. The number of aryl methyl sites for hydroxylation is 1. The zero-order valence-electron chi connectivity index (χ0n) is 15.6. The third kappa shape index (κ3) is 5.90. The predicted molar refractivity (Wildman–Crippen MR) is 108 cm³/mol. The molecular formula is C19H25Cl2F2N3O2. The van der Waals surface area contributed by atoms with Gasteiger partial charge in [0, 0.05) is 38.0 Å². The van der Waals surface area contributed by atoms with Crippen molar-refractivity contribution in [2.75, 3.05) is 13.1 Å². The van der Waals surface area contributed by atoms with Gasteiger partial charge in [0.2, 0.25) is 5.91 Å². The van der Waals surface area contributed by atoms with Crippen molar-refractivity contribution in [3.8, 4) is 11.3 Å². The lowest BCUT2D eigenvalue weighted by molar-refractivity contribution is -0.132. The molecule has 1 aliphatic heterocycles. The Morgan fingerprint density at radius 3 is 2.61 bits per heavy atom. The first-order chi connectivity index (χ1) is 12.4. The maximum atomic E-state index is 13.8. The number of carbonyl (C=O) groups excluding carboxylic acids is 1. The highest BCUT2D eigenvalue weighted by Gasteiger charge is 2.24. The summed E-state index contributed by atoms with van der Waals surface area (Å²) >= 11 is 0.